The van der Waals surface area contributed by atoms with Crippen LogP contribution in [-0.4, -0.2) is 18.3 Å². The van der Waals surface area contributed by atoms with Gasteiger partial charge in [-0.3, -0.25) is 0 Å². The Morgan fingerprint density at radius 1 is 1.00 bits per heavy atom. The molecule has 0 fully saturated rings. The number of alkyl halides is 3. The Labute approximate surface area is 124 Å². The van der Waals surface area contributed by atoms with E-state index < -0.39 is 11.7 Å². The van der Waals surface area contributed by atoms with Gasteiger partial charge in [-0.05, 0) is 0 Å². The van der Waals surface area contributed by atoms with E-state index in [-0.39, 0.29) is 14.7 Å². The van der Waals surface area contributed by atoms with E-state index in [2.05, 4.69) is 0 Å². The van der Waals surface area contributed by atoms with Gasteiger partial charge in [-0.25, -0.2) is 0 Å². The first-order valence-corrected chi connectivity index (χ1v) is 7.78. The van der Waals surface area contributed by atoms with Crippen LogP contribution < -0.4 is 0 Å². The number of hydrogen-bond donors (Lipinski definition) is 0. The first kappa shape index (κ1) is 13.6. The van der Waals surface area contributed by atoms with Gasteiger partial charge in [0.1, 0.15) is 0 Å². The van der Waals surface area contributed by atoms with Gasteiger partial charge in [0.2, 0.25) is 0 Å². The van der Waals surface area contributed by atoms with Gasteiger partial charge in [-0.1, -0.05) is 0 Å². The van der Waals surface area contributed by atoms with Gasteiger partial charge in [0.15, 0.2) is 0 Å². The number of halogens is 3. The number of hydrogen-bond acceptors (Lipinski definition) is 1. The zero-order chi connectivity index (χ0) is 14.3. The molecule has 0 saturated heterocycles. The average Bonchev–Trinajstić information content (AvgIpc) is 2.76. The minimum atomic E-state index is -4.34. The summed E-state index contributed by atoms with van der Waals surface area (Å²) in [4.78, 5) is 0. The SMILES string of the molecule is FC(F)(F)c1cccc(-n2[se]c3ccccc3c2=S)c1. The second-order valence-corrected chi connectivity index (χ2v) is 6.69. The normalized spacial score (nSPS) is 11.9. The van der Waals surface area contributed by atoms with Gasteiger partial charge in [0.05, 0.1) is 0 Å². The molecule has 0 unspecified atom stereocenters. The van der Waals surface area contributed by atoms with E-state index in [0.29, 0.717) is 10.3 Å². The molecular formula is C14H8F3NSSe. The quantitative estimate of drug-likeness (QED) is 0.460. The van der Waals surface area contributed by atoms with Crippen molar-refractivity contribution in [2.75, 3.05) is 0 Å². The Morgan fingerprint density at radius 2 is 1.75 bits per heavy atom. The summed E-state index contributed by atoms with van der Waals surface area (Å²) in [7, 11) is 0. The molecule has 0 bridgehead atoms. The Kier molecular flexibility index (Phi) is 3.32. The predicted octanol–water partition coefficient (Wildman–Crippen LogP) is 4.44. The predicted molar refractivity (Wildman–Crippen MR) is 76.1 cm³/mol. The van der Waals surface area contributed by atoms with E-state index in [1.54, 1.807) is 9.63 Å². The number of aromatic nitrogens is 1. The van der Waals surface area contributed by atoms with Crippen LogP contribution in [0.2, 0.25) is 0 Å². The molecule has 0 spiro atoms. The van der Waals surface area contributed by atoms with Crippen molar-refractivity contribution < 1.29 is 13.2 Å². The van der Waals surface area contributed by atoms with Crippen LogP contribution in [0.5, 0.6) is 0 Å². The maximum atomic E-state index is 12.8. The van der Waals surface area contributed by atoms with E-state index in [1.165, 1.54) is 6.07 Å². The number of nitrogens with zero attached hydrogens (tertiary/aromatic N) is 1. The maximum absolute atomic E-state index is 12.8. The van der Waals surface area contributed by atoms with Crippen molar-refractivity contribution in [3.05, 3.63) is 58.7 Å². The second kappa shape index (κ2) is 4.88. The van der Waals surface area contributed by atoms with Crippen molar-refractivity contribution in [2.24, 2.45) is 0 Å². The molecule has 0 amide bonds. The van der Waals surface area contributed by atoms with Crippen molar-refractivity contribution in [2.45, 2.75) is 6.18 Å². The molecule has 0 saturated carbocycles. The molecule has 0 aliphatic rings. The third-order valence-electron chi connectivity index (χ3n) is 2.90. The summed E-state index contributed by atoms with van der Waals surface area (Å²) < 4.78 is 41.8. The Bertz CT molecular complexity index is 832. The summed E-state index contributed by atoms with van der Waals surface area (Å²) in [5.74, 6) is 0. The van der Waals surface area contributed by atoms with Gasteiger partial charge >= 0.3 is 124 Å². The van der Waals surface area contributed by atoms with E-state index in [4.69, 9.17) is 12.2 Å². The van der Waals surface area contributed by atoms with Crippen LogP contribution in [0.3, 0.4) is 0 Å². The van der Waals surface area contributed by atoms with E-state index >= 15 is 0 Å². The molecule has 1 heterocycles. The van der Waals surface area contributed by atoms with Gasteiger partial charge < -0.3 is 0 Å². The van der Waals surface area contributed by atoms with Gasteiger partial charge in [0.25, 0.3) is 0 Å². The van der Waals surface area contributed by atoms with E-state index in [9.17, 15) is 13.2 Å². The van der Waals surface area contributed by atoms with Gasteiger partial charge in [-0.15, -0.1) is 0 Å². The molecule has 3 rings (SSSR count). The standard InChI is InChI=1S/C14H8F3NSSe/c15-14(16,17)9-4-3-5-10(8-9)18-13(19)11-6-1-2-7-12(11)20-18/h1-8H. The van der Waals surface area contributed by atoms with Crippen LogP contribution in [0.4, 0.5) is 13.2 Å². The number of benzene rings is 2. The molecule has 0 atom stereocenters. The summed E-state index contributed by atoms with van der Waals surface area (Å²) >= 11 is 5.26. The topological polar surface area (TPSA) is 4.93 Å². The van der Waals surface area contributed by atoms with E-state index in [0.717, 1.165) is 21.8 Å². The summed E-state index contributed by atoms with van der Waals surface area (Å²) in [5.41, 5.74) is -0.148. The van der Waals surface area contributed by atoms with Gasteiger partial charge in [-0.2, -0.15) is 0 Å². The fraction of sp³-hybridized carbons (Fsp3) is 0.0714. The molecule has 0 radical (unpaired) electrons. The molecular weight excluding hydrogens is 350 g/mol. The van der Waals surface area contributed by atoms with Crippen LogP contribution in [0.1, 0.15) is 5.56 Å². The third-order valence-corrected chi connectivity index (χ3v) is 5.93. The molecule has 0 aliphatic heterocycles. The zero-order valence-corrected chi connectivity index (χ0v) is 12.5. The molecule has 6 heteroatoms. The molecule has 3 aromatic rings. The summed E-state index contributed by atoms with van der Waals surface area (Å²) in [6.07, 6.45) is -4.34. The summed E-state index contributed by atoms with van der Waals surface area (Å²) in [6.45, 7) is 0. The molecule has 102 valence electrons. The van der Waals surface area contributed by atoms with E-state index in [1.807, 2.05) is 24.3 Å². The Hall–Kier alpha value is -1.36. The average molecular weight is 358 g/mol. The summed E-state index contributed by atoms with van der Waals surface area (Å²) in [6, 6.07) is 13.0. The molecule has 0 aliphatic carbocycles. The van der Waals surface area contributed by atoms with Crippen LogP contribution >= 0.6 is 12.2 Å². The molecule has 2 aromatic carbocycles. The van der Waals surface area contributed by atoms with Gasteiger partial charge in [0, 0.05) is 0 Å². The number of fused-ring (bicyclic) bond motifs is 1. The van der Waals surface area contributed by atoms with Crippen LogP contribution in [0.15, 0.2) is 48.5 Å². The Morgan fingerprint density at radius 3 is 2.45 bits per heavy atom. The third kappa shape index (κ3) is 2.35. The van der Waals surface area contributed by atoms with Crippen molar-refractivity contribution in [1.29, 1.82) is 0 Å². The minimum absolute atomic E-state index is 0.113. The summed E-state index contributed by atoms with van der Waals surface area (Å²) in [5, 5.41) is 0.944. The van der Waals surface area contributed by atoms with Crippen molar-refractivity contribution in [1.82, 2.24) is 3.56 Å². The monoisotopic (exact) mass is 359 g/mol. The van der Waals surface area contributed by atoms with Crippen molar-refractivity contribution in [3.8, 4) is 5.69 Å². The zero-order valence-electron chi connectivity index (χ0n) is 10.0. The second-order valence-electron chi connectivity index (χ2n) is 4.24. The molecule has 20 heavy (non-hydrogen) atoms. The fourth-order valence-electron chi connectivity index (χ4n) is 1.95. The van der Waals surface area contributed by atoms with Crippen molar-refractivity contribution >= 4 is 36.6 Å². The van der Waals surface area contributed by atoms with Crippen LogP contribution in [-0.2, 0) is 6.18 Å². The first-order chi connectivity index (χ1) is 9.47. The molecule has 1 nitrogen and oxygen atoms in total. The molecule has 1 aromatic heterocycles. The van der Waals surface area contributed by atoms with Crippen LogP contribution in [0, 0.1) is 4.64 Å². The van der Waals surface area contributed by atoms with Crippen LogP contribution in [0.25, 0.3) is 15.3 Å². The first-order valence-electron chi connectivity index (χ1n) is 5.75. The number of rotatable bonds is 1. The molecule has 0 N–H and O–H groups in total. The fourth-order valence-corrected chi connectivity index (χ4v) is 4.67. The Balaban J connectivity index is 2.21. The van der Waals surface area contributed by atoms with Crippen molar-refractivity contribution in [3.63, 3.8) is 0 Å².